The maximum atomic E-state index is 13.1. The minimum absolute atomic E-state index is 0.181. The van der Waals surface area contributed by atoms with Crippen LogP contribution >= 0.6 is 0 Å². The van der Waals surface area contributed by atoms with Gasteiger partial charge in [0.1, 0.15) is 5.82 Å². The van der Waals surface area contributed by atoms with E-state index in [9.17, 15) is 4.79 Å². The number of hydrogen-bond donors (Lipinski definition) is 1. The zero-order valence-electron chi connectivity index (χ0n) is 19.1. The number of nitrogen functional groups attached to an aromatic ring is 1. The smallest absolute Gasteiger partial charge is 0.228 e. The summed E-state index contributed by atoms with van der Waals surface area (Å²) in [6.07, 6.45) is 4.31. The third-order valence-corrected chi connectivity index (χ3v) is 6.45. The van der Waals surface area contributed by atoms with Crippen LogP contribution in [0.1, 0.15) is 46.5 Å². The van der Waals surface area contributed by atoms with Gasteiger partial charge in [0, 0.05) is 30.0 Å². The SMILES string of the molecule is COc1cc2nc(N3CCN(C(=O)C(C)(C)C)[C@H]4CCCC[C@H]43)nc(N)c2cc1OC. The number of benzene rings is 1. The van der Waals surface area contributed by atoms with Gasteiger partial charge in [-0.15, -0.1) is 0 Å². The topological polar surface area (TPSA) is 93.8 Å². The van der Waals surface area contributed by atoms with Gasteiger partial charge in [0.2, 0.25) is 11.9 Å². The quantitative estimate of drug-likeness (QED) is 0.804. The summed E-state index contributed by atoms with van der Waals surface area (Å²) in [5.74, 6) is 2.47. The number of methoxy groups -OCH3 is 2. The summed E-state index contributed by atoms with van der Waals surface area (Å²) in [6, 6.07) is 4.04. The zero-order valence-corrected chi connectivity index (χ0v) is 19.1. The molecule has 0 bridgehead atoms. The first kappa shape index (κ1) is 21.5. The lowest BCUT2D eigenvalue weighted by molar-refractivity contribution is -0.144. The summed E-state index contributed by atoms with van der Waals surface area (Å²) in [5.41, 5.74) is 6.68. The van der Waals surface area contributed by atoms with E-state index in [1.807, 2.05) is 32.9 Å². The third-order valence-electron chi connectivity index (χ3n) is 6.45. The summed E-state index contributed by atoms with van der Waals surface area (Å²) >= 11 is 0. The second kappa shape index (κ2) is 8.05. The van der Waals surface area contributed by atoms with Crippen LogP contribution in [0.15, 0.2) is 12.1 Å². The van der Waals surface area contributed by atoms with Gasteiger partial charge in [-0.05, 0) is 18.9 Å². The Morgan fingerprint density at radius 1 is 1.03 bits per heavy atom. The van der Waals surface area contributed by atoms with Crippen LogP contribution in [0.4, 0.5) is 11.8 Å². The second-order valence-corrected chi connectivity index (χ2v) is 9.49. The van der Waals surface area contributed by atoms with Crippen molar-refractivity contribution in [3.8, 4) is 11.5 Å². The first-order chi connectivity index (χ1) is 14.7. The lowest BCUT2D eigenvalue weighted by atomic mass is 9.84. The van der Waals surface area contributed by atoms with Crippen LogP contribution in [0.3, 0.4) is 0 Å². The number of carbonyl (C=O) groups excluding carboxylic acids is 1. The Balaban J connectivity index is 1.71. The monoisotopic (exact) mass is 427 g/mol. The van der Waals surface area contributed by atoms with Crippen LogP contribution in [-0.2, 0) is 4.79 Å². The van der Waals surface area contributed by atoms with Crippen LogP contribution in [-0.4, -0.2) is 60.2 Å². The van der Waals surface area contributed by atoms with Crippen molar-refractivity contribution in [3.63, 3.8) is 0 Å². The first-order valence-electron chi connectivity index (χ1n) is 11.0. The fourth-order valence-corrected chi connectivity index (χ4v) is 4.89. The van der Waals surface area contributed by atoms with Crippen molar-refractivity contribution >= 4 is 28.6 Å². The Bertz CT molecular complexity index is 987. The van der Waals surface area contributed by atoms with Crippen LogP contribution in [0, 0.1) is 5.41 Å². The van der Waals surface area contributed by atoms with Gasteiger partial charge < -0.3 is 25.0 Å². The van der Waals surface area contributed by atoms with Crippen molar-refractivity contribution in [2.24, 2.45) is 5.41 Å². The van der Waals surface area contributed by atoms with Gasteiger partial charge in [-0.3, -0.25) is 4.79 Å². The summed E-state index contributed by atoms with van der Waals surface area (Å²) in [5, 5.41) is 0.739. The van der Waals surface area contributed by atoms with Crippen molar-refractivity contribution in [1.82, 2.24) is 14.9 Å². The van der Waals surface area contributed by atoms with Crippen LogP contribution < -0.4 is 20.1 Å². The number of anilines is 2. The molecular weight excluding hydrogens is 394 g/mol. The van der Waals surface area contributed by atoms with Gasteiger partial charge in [-0.25, -0.2) is 4.98 Å². The number of fused-ring (bicyclic) bond motifs is 2. The Labute approximate surface area is 183 Å². The first-order valence-corrected chi connectivity index (χ1v) is 11.0. The molecule has 1 aliphatic carbocycles. The molecule has 2 atom stereocenters. The molecule has 2 heterocycles. The van der Waals surface area contributed by atoms with E-state index in [-0.39, 0.29) is 23.4 Å². The largest absolute Gasteiger partial charge is 0.493 e. The molecule has 0 radical (unpaired) electrons. The van der Waals surface area contributed by atoms with Crippen molar-refractivity contribution < 1.29 is 14.3 Å². The predicted octanol–water partition coefficient (Wildman–Crippen LogP) is 3.24. The molecule has 168 valence electrons. The molecule has 1 aliphatic heterocycles. The molecule has 8 heteroatoms. The highest BCUT2D eigenvalue weighted by Gasteiger charge is 2.43. The van der Waals surface area contributed by atoms with E-state index < -0.39 is 0 Å². The average Bonchev–Trinajstić information content (AvgIpc) is 2.76. The van der Waals surface area contributed by atoms with Crippen molar-refractivity contribution in [2.75, 3.05) is 37.9 Å². The molecule has 1 amide bonds. The van der Waals surface area contributed by atoms with Gasteiger partial charge in [0.05, 0.1) is 31.8 Å². The molecule has 1 saturated heterocycles. The number of aromatic nitrogens is 2. The molecule has 0 spiro atoms. The normalized spacial score (nSPS) is 21.7. The van der Waals surface area contributed by atoms with Crippen LogP contribution in [0.25, 0.3) is 10.9 Å². The predicted molar refractivity (Wildman–Crippen MR) is 122 cm³/mol. The minimum Gasteiger partial charge on any atom is -0.493 e. The van der Waals surface area contributed by atoms with Crippen molar-refractivity contribution in [3.05, 3.63) is 12.1 Å². The van der Waals surface area contributed by atoms with E-state index in [0.29, 0.717) is 36.4 Å². The lowest BCUT2D eigenvalue weighted by Crippen LogP contribution is -2.64. The Morgan fingerprint density at radius 3 is 2.32 bits per heavy atom. The summed E-state index contributed by atoms with van der Waals surface area (Å²) < 4.78 is 10.8. The Kier molecular flexibility index (Phi) is 5.58. The number of nitrogens with two attached hydrogens (primary N) is 1. The number of ether oxygens (including phenoxy) is 2. The fraction of sp³-hybridized carbons (Fsp3) is 0.609. The molecule has 1 saturated carbocycles. The molecule has 2 fully saturated rings. The summed E-state index contributed by atoms with van der Waals surface area (Å²) in [7, 11) is 3.20. The molecule has 8 nitrogen and oxygen atoms in total. The molecule has 2 N–H and O–H groups in total. The maximum Gasteiger partial charge on any atom is 0.228 e. The third kappa shape index (κ3) is 3.83. The van der Waals surface area contributed by atoms with E-state index in [1.165, 1.54) is 0 Å². The second-order valence-electron chi connectivity index (χ2n) is 9.49. The van der Waals surface area contributed by atoms with Crippen molar-refractivity contribution in [1.29, 1.82) is 0 Å². The fourth-order valence-electron chi connectivity index (χ4n) is 4.89. The molecular formula is C23H33N5O3. The molecule has 2 aromatic rings. The molecule has 0 unspecified atom stereocenters. The number of piperazine rings is 1. The molecule has 2 aliphatic rings. The van der Waals surface area contributed by atoms with Gasteiger partial charge in [-0.1, -0.05) is 33.6 Å². The van der Waals surface area contributed by atoms with Crippen molar-refractivity contribution in [2.45, 2.75) is 58.5 Å². The standard InChI is InChI=1S/C23H33N5O3/c1-23(2,3)21(29)27-10-11-28(17-9-7-6-8-16(17)27)22-25-15-13-19(31-5)18(30-4)12-14(15)20(24)26-22/h12-13,16-17H,6-11H2,1-5H3,(H2,24,25,26)/t16-,17+/m0/s1. The van der Waals surface area contributed by atoms with Gasteiger partial charge in [0.25, 0.3) is 0 Å². The van der Waals surface area contributed by atoms with Gasteiger partial charge in [-0.2, -0.15) is 4.98 Å². The summed E-state index contributed by atoms with van der Waals surface area (Å²) in [6.45, 7) is 7.35. The molecule has 31 heavy (non-hydrogen) atoms. The summed E-state index contributed by atoms with van der Waals surface area (Å²) in [4.78, 5) is 27.0. The molecule has 4 rings (SSSR count). The molecule has 1 aromatic heterocycles. The Hall–Kier alpha value is -2.77. The number of nitrogens with zero attached hydrogens (tertiary/aromatic N) is 4. The van der Waals surface area contributed by atoms with E-state index in [0.717, 1.165) is 36.6 Å². The van der Waals surface area contributed by atoms with E-state index in [4.69, 9.17) is 20.2 Å². The highest BCUT2D eigenvalue weighted by atomic mass is 16.5. The minimum atomic E-state index is -0.385. The van der Waals surface area contributed by atoms with Crippen LogP contribution in [0.5, 0.6) is 11.5 Å². The van der Waals surface area contributed by atoms with Crippen LogP contribution in [0.2, 0.25) is 0 Å². The number of hydrogen-bond acceptors (Lipinski definition) is 7. The number of amides is 1. The molecule has 1 aromatic carbocycles. The van der Waals surface area contributed by atoms with E-state index in [2.05, 4.69) is 14.8 Å². The highest BCUT2D eigenvalue weighted by molar-refractivity contribution is 5.92. The van der Waals surface area contributed by atoms with Gasteiger partial charge in [0.15, 0.2) is 11.5 Å². The average molecular weight is 428 g/mol. The van der Waals surface area contributed by atoms with E-state index >= 15 is 0 Å². The lowest BCUT2D eigenvalue weighted by Gasteiger charge is -2.51. The Morgan fingerprint density at radius 2 is 1.68 bits per heavy atom. The number of rotatable bonds is 3. The highest BCUT2D eigenvalue weighted by Crippen LogP contribution is 2.37. The number of carbonyl (C=O) groups is 1. The zero-order chi connectivity index (χ0) is 22.3. The van der Waals surface area contributed by atoms with E-state index in [1.54, 1.807) is 14.2 Å². The maximum absolute atomic E-state index is 13.1. The van der Waals surface area contributed by atoms with Gasteiger partial charge >= 0.3 is 0 Å².